The van der Waals surface area contributed by atoms with Crippen LogP contribution in [0.5, 0.6) is 0 Å². The standard InChI is InChI=1S/C12H14Cl2N4/c1-12(2,3)11-16-10(17-18(11)4)9-7(13)5-15-6-8(9)14/h5-6H,1-4H3. The molecule has 0 atom stereocenters. The molecular formula is C12H14Cl2N4. The van der Waals surface area contributed by atoms with E-state index in [1.807, 2.05) is 7.05 Å². The molecule has 0 radical (unpaired) electrons. The van der Waals surface area contributed by atoms with Crippen LogP contribution in [0.3, 0.4) is 0 Å². The second kappa shape index (κ2) is 4.52. The molecule has 6 heteroatoms. The molecule has 2 aromatic heterocycles. The van der Waals surface area contributed by atoms with Gasteiger partial charge < -0.3 is 0 Å². The Morgan fingerprint density at radius 3 is 2.11 bits per heavy atom. The summed E-state index contributed by atoms with van der Waals surface area (Å²) in [6, 6.07) is 0. The van der Waals surface area contributed by atoms with Crippen LogP contribution in [0.2, 0.25) is 10.0 Å². The Labute approximate surface area is 116 Å². The summed E-state index contributed by atoms with van der Waals surface area (Å²) >= 11 is 12.2. The molecule has 0 aliphatic rings. The third-order valence-corrected chi connectivity index (χ3v) is 3.08. The number of aryl methyl sites for hydroxylation is 1. The Morgan fingerprint density at radius 2 is 1.67 bits per heavy atom. The third kappa shape index (κ3) is 2.35. The number of hydrogen-bond acceptors (Lipinski definition) is 3. The lowest BCUT2D eigenvalue weighted by Crippen LogP contribution is -2.17. The monoisotopic (exact) mass is 284 g/mol. The van der Waals surface area contributed by atoms with Gasteiger partial charge in [0.2, 0.25) is 0 Å². The zero-order valence-electron chi connectivity index (χ0n) is 10.7. The van der Waals surface area contributed by atoms with Crippen molar-refractivity contribution in [2.75, 3.05) is 0 Å². The minimum atomic E-state index is -0.0913. The highest BCUT2D eigenvalue weighted by atomic mass is 35.5. The fourth-order valence-electron chi connectivity index (χ4n) is 1.77. The first-order chi connectivity index (χ1) is 8.30. The maximum atomic E-state index is 6.10. The van der Waals surface area contributed by atoms with Gasteiger partial charge in [-0.2, -0.15) is 5.10 Å². The van der Waals surface area contributed by atoms with E-state index in [1.54, 1.807) is 4.68 Å². The van der Waals surface area contributed by atoms with Gasteiger partial charge in [0, 0.05) is 24.9 Å². The van der Waals surface area contributed by atoms with Crippen LogP contribution in [-0.2, 0) is 12.5 Å². The topological polar surface area (TPSA) is 43.6 Å². The van der Waals surface area contributed by atoms with E-state index in [0.29, 0.717) is 21.4 Å². The fraction of sp³-hybridized carbons (Fsp3) is 0.417. The van der Waals surface area contributed by atoms with Crippen LogP contribution in [-0.4, -0.2) is 19.7 Å². The molecule has 4 nitrogen and oxygen atoms in total. The molecule has 2 aromatic rings. The minimum absolute atomic E-state index is 0.0913. The average Bonchev–Trinajstić information content (AvgIpc) is 2.59. The normalized spacial score (nSPS) is 11.9. The molecule has 0 unspecified atom stereocenters. The number of aromatic nitrogens is 4. The van der Waals surface area contributed by atoms with Gasteiger partial charge >= 0.3 is 0 Å². The zero-order chi connectivity index (χ0) is 13.5. The van der Waals surface area contributed by atoms with E-state index in [-0.39, 0.29) is 5.41 Å². The van der Waals surface area contributed by atoms with Crippen LogP contribution in [0.15, 0.2) is 12.4 Å². The first-order valence-electron chi connectivity index (χ1n) is 5.51. The second-order valence-corrected chi connectivity index (χ2v) is 5.93. The summed E-state index contributed by atoms with van der Waals surface area (Å²) in [6.45, 7) is 6.24. The molecule has 0 saturated heterocycles. The van der Waals surface area contributed by atoms with Crippen LogP contribution in [0.4, 0.5) is 0 Å². The van der Waals surface area contributed by atoms with Gasteiger partial charge in [-0.15, -0.1) is 0 Å². The molecule has 0 spiro atoms. The van der Waals surface area contributed by atoms with E-state index < -0.39 is 0 Å². The first kappa shape index (κ1) is 13.3. The second-order valence-electron chi connectivity index (χ2n) is 5.11. The molecule has 0 N–H and O–H groups in total. The summed E-state index contributed by atoms with van der Waals surface area (Å²) in [5.74, 6) is 1.40. The highest BCUT2D eigenvalue weighted by Gasteiger charge is 2.23. The van der Waals surface area contributed by atoms with E-state index in [4.69, 9.17) is 23.2 Å². The van der Waals surface area contributed by atoms with Crippen LogP contribution in [0, 0.1) is 0 Å². The van der Waals surface area contributed by atoms with Crippen molar-refractivity contribution in [1.82, 2.24) is 19.7 Å². The minimum Gasteiger partial charge on any atom is -0.262 e. The lowest BCUT2D eigenvalue weighted by molar-refractivity contribution is 0.506. The number of rotatable bonds is 1. The Morgan fingerprint density at radius 1 is 1.11 bits per heavy atom. The Kier molecular flexibility index (Phi) is 3.34. The summed E-state index contributed by atoms with van der Waals surface area (Å²) in [5, 5.41) is 5.28. The molecule has 18 heavy (non-hydrogen) atoms. The van der Waals surface area contributed by atoms with Gasteiger partial charge in [0.15, 0.2) is 5.82 Å². The lowest BCUT2D eigenvalue weighted by Gasteiger charge is -2.15. The van der Waals surface area contributed by atoms with Crippen molar-refractivity contribution < 1.29 is 0 Å². The number of hydrogen-bond donors (Lipinski definition) is 0. The van der Waals surface area contributed by atoms with Gasteiger partial charge in [-0.25, -0.2) is 4.98 Å². The molecule has 96 valence electrons. The number of halogens is 2. The molecule has 0 aromatic carbocycles. The van der Waals surface area contributed by atoms with E-state index in [1.165, 1.54) is 12.4 Å². The van der Waals surface area contributed by atoms with Crippen molar-refractivity contribution in [2.24, 2.45) is 7.05 Å². The van der Waals surface area contributed by atoms with Gasteiger partial charge in [-0.1, -0.05) is 44.0 Å². The van der Waals surface area contributed by atoms with Crippen LogP contribution < -0.4 is 0 Å². The zero-order valence-corrected chi connectivity index (χ0v) is 12.2. The SMILES string of the molecule is Cn1nc(-c2c(Cl)cncc2Cl)nc1C(C)(C)C. The summed E-state index contributed by atoms with van der Waals surface area (Å²) in [6.07, 6.45) is 3.08. The molecule has 2 heterocycles. The predicted octanol–water partition coefficient (Wildman–Crippen LogP) is 3.48. The first-order valence-corrected chi connectivity index (χ1v) is 6.27. The van der Waals surface area contributed by atoms with Crippen LogP contribution >= 0.6 is 23.2 Å². The Hall–Kier alpha value is -1.13. The molecule has 0 fully saturated rings. The maximum Gasteiger partial charge on any atom is 0.184 e. The molecule has 0 aliphatic heterocycles. The van der Waals surface area contributed by atoms with Crippen molar-refractivity contribution in [3.05, 3.63) is 28.3 Å². The van der Waals surface area contributed by atoms with Gasteiger partial charge in [-0.3, -0.25) is 9.67 Å². The predicted molar refractivity (Wildman–Crippen MR) is 73.0 cm³/mol. The Balaban J connectivity index is 2.60. The molecular weight excluding hydrogens is 271 g/mol. The third-order valence-electron chi connectivity index (χ3n) is 2.51. The number of pyridine rings is 1. The summed E-state index contributed by atoms with van der Waals surface area (Å²) in [7, 11) is 1.86. The quantitative estimate of drug-likeness (QED) is 0.805. The van der Waals surface area contributed by atoms with Gasteiger partial charge in [0.25, 0.3) is 0 Å². The van der Waals surface area contributed by atoms with E-state index in [0.717, 1.165) is 5.82 Å². The maximum absolute atomic E-state index is 6.10. The molecule has 0 bridgehead atoms. The molecule has 2 rings (SSSR count). The number of nitrogens with zero attached hydrogens (tertiary/aromatic N) is 4. The van der Waals surface area contributed by atoms with Crippen molar-refractivity contribution in [1.29, 1.82) is 0 Å². The van der Waals surface area contributed by atoms with E-state index >= 15 is 0 Å². The Bertz CT molecular complexity index is 564. The van der Waals surface area contributed by atoms with Crippen LogP contribution in [0.25, 0.3) is 11.4 Å². The van der Waals surface area contributed by atoms with Crippen molar-refractivity contribution in [3.8, 4) is 11.4 Å². The largest absolute Gasteiger partial charge is 0.262 e. The highest BCUT2D eigenvalue weighted by molar-refractivity contribution is 6.38. The van der Waals surface area contributed by atoms with Crippen LogP contribution in [0.1, 0.15) is 26.6 Å². The summed E-state index contributed by atoms with van der Waals surface area (Å²) in [4.78, 5) is 8.45. The van der Waals surface area contributed by atoms with Gasteiger partial charge in [-0.05, 0) is 0 Å². The summed E-state index contributed by atoms with van der Waals surface area (Å²) < 4.78 is 1.75. The molecule has 0 aliphatic carbocycles. The van der Waals surface area contributed by atoms with E-state index in [9.17, 15) is 0 Å². The van der Waals surface area contributed by atoms with E-state index in [2.05, 4.69) is 35.8 Å². The summed E-state index contributed by atoms with van der Waals surface area (Å²) in [5.41, 5.74) is 0.533. The van der Waals surface area contributed by atoms with Gasteiger partial charge in [0.1, 0.15) is 5.82 Å². The lowest BCUT2D eigenvalue weighted by atomic mass is 9.96. The highest BCUT2D eigenvalue weighted by Crippen LogP contribution is 2.32. The molecule has 0 saturated carbocycles. The van der Waals surface area contributed by atoms with Gasteiger partial charge in [0.05, 0.1) is 15.6 Å². The smallest absolute Gasteiger partial charge is 0.184 e. The van der Waals surface area contributed by atoms with Crippen molar-refractivity contribution in [3.63, 3.8) is 0 Å². The molecule has 0 amide bonds. The fourth-order valence-corrected chi connectivity index (χ4v) is 2.30. The average molecular weight is 285 g/mol. The van der Waals surface area contributed by atoms with Crippen molar-refractivity contribution in [2.45, 2.75) is 26.2 Å². The van der Waals surface area contributed by atoms with Crippen molar-refractivity contribution >= 4 is 23.2 Å².